The Kier molecular flexibility index (Phi) is 4.53. The monoisotopic (exact) mass is 355 g/mol. The van der Waals surface area contributed by atoms with Crippen molar-refractivity contribution < 1.29 is 21.8 Å². The summed E-state index contributed by atoms with van der Waals surface area (Å²) in [6.45, 7) is 0. The van der Waals surface area contributed by atoms with Crippen molar-refractivity contribution in [3.8, 4) is 0 Å². The summed E-state index contributed by atoms with van der Waals surface area (Å²) in [4.78, 5) is 10.2. The summed E-state index contributed by atoms with van der Waals surface area (Å²) in [7, 11) is -7.40. The first-order valence-corrected chi connectivity index (χ1v) is 9.91. The van der Waals surface area contributed by atoms with Gasteiger partial charge >= 0.3 is 0 Å². The lowest BCUT2D eigenvalue weighted by Crippen LogP contribution is -2.08. The maximum atomic E-state index is 12.3. The number of hydrogen-bond donors (Lipinski definition) is 0. The van der Waals surface area contributed by atoms with Gasteiger partial charge in [0.05, 0.1) is 20.5 Å². The van der Waals surface area contributed by atoms with Crippen LogP contribution in [0.15, 0.2) is 58.3 Å². The zero-order valence-electron chi connectivity index (χ0n) is 12.0. The first-order chi connectivity index (χ1) is 10.6. The summed E-state index contributed by atoms with van der Waals surface area (Å²) in [6, 6.07) is 10.8. The molecule has 0 aliphatic rings. The van der Waals surface area contributed by atoms with Crippen LogP contribution in [0, 0.1) is 10.1 Å². The van der Waals surface area contributed by atoms with Crippen molar-refractivity contribution in [1.82, 2.24) is 0 Å². The molecular weight excluding hydrogens is 342 g/mol. The number of benzene rings is 2. The molecule has 9 heteroatoms. The fourth-order valence-corrected chi connectivity index (χ4v) is 4.02. The highest BCUT2D eigenvalue weighted by Crippen LogP contribution is 2.26. The van der Waals surface area contributed by atoms with Crippen LogP contribution in [0.25, 0.3) is 0 Å². The third-order valence-corrected chi connectivity index (χ3v) is 5.92. The number of nitrogens with zero attached hydrogens (tertiary/aromatic N) is 1. The standard InChI is InChI=1S/C14H13NO6S2/c1-22(18,19)13-8-7-11(14(9-13)15(16)17)10-23(20,21)12-5-3-2-4-6-12/h2-9H,10H2,1H3. The molecule has 2 aromatic carbocycles. The summed E-state index contributed by atoms with van der Waals surface area (Å²) >= 11 is 0. The van der Waals surface area contributed by atoms with Crippen LogP contribution in [0.3, 0.4) is 0 Å². The molecule has 0 aromatic heterocycles. The highest BCUT2D eigenvalue weighted by atomic mass is 32.2. The molecule has 7 nitrogen and oxygen atoms in total. The molecule has 0 saturated carbocycles. The van der Waals surface area contributed by atoms with Crippen LogP contribution in [0.1, 0.15) is 5.56 Å². The van der Waals surface area contributed by atoms with Crippen molar-refractivity contribution in [3.63, 3.8) is 0 Å². The van der Waals surface area contributed by atoms with E-state index in [1.165, 1.54) is 12.1 Å². The van der Waals surface area contributed by atoms with E-state index in [2.05, 4.69) is 0 Å². The second-order valence-electron chi connectivity index (χ2n) is 4.89. The second kappa shape index (κ2) is 6.09. The largest absolute Gasteiger partial charge is 0.274 e. The molecular formula is C14H13NO6S2. The average molecular weight is 355 g/mol. The predicted octanol–water partition coefficient (Wildman–Crippen LogP) is 1.97. The summed E-state index contributed by atoms with van der Waals surface area (Å²) in [5, 5.41) is 11.1. The Balaban J connectivity index is 2.50. The van der Waals surface area contributed by atoms with Crippen LogP contribution < -0.4 is 0 Å². The highest BCUT2D eigenvalue weighted by Gasteiger charge is 2.24. The Morgan fingerprint density at radius 3 is 2.09 bits per heavy atom. The third kappa shape index (κ3) is 3.93. The van der Waals surface area contributed by atoms with Crippen LogP contribution in [-0.2, 0) is 25.4 Å². The lowest BCUT2D eigenvalue weighted by molar-refractivity contribution is -0.385. The normalized spacial score (nSPS) is 12.0. The van der Waals surface area contributed by atoms with Gasteiger partial charge in [-0.1, -0.05) is 18.2 Å². The minimum atomic E-state index is -3.77. The molecule has 0 fully saturated rings. The topological polar surface area (TPSA) is 111 Å². The molecule has 0 heterocycles. The molecule has 0 unspecified atom stereocenters. The van der Waals surface area contributed by atoms with E-state index in [0.29, 0.717) is 0 Å². The van der Waals surface area contributed by atoms with Crippen LogP contribution >= 0.6 is 0 Å². The lowest BCUT2D eigenvalue weighted by Gasteiger charge is -2.07. The Morgan fingerprint density at radius 2 is 1.57 bits per heavy atom. The highest BCUT2D eigenvalue weighted by molar-refractivity contribution is 7.91. The molecule has 0 bridgehead atoms. The molecule has 2 aromatic rings. The number of nitro benzene ring substituents is 1. The quantitative estimate of drug-likeness (QED) is 0.599. The first kappa shape index (κ1) is 17.1. The predicted molar refractivity (Wildman–Crippen MR) is 83.5 cm³/mol. The van der Waals surface area contributed by atoms with Crippen LogP contribution in [-0.4, -0.2) is 28.0 Å². The summed E-state index contributed by atoms with van der Waals surface area (Å²) in [5.41, 5.74) is -0.598. The lowest BCUT2D eigenvalue weighted by atomic mass is 10.2. The average Bonchev–Trinajstić information content (AvgIpc) is 2.46. The van der Waals surface area contributed by atoms with Gasteiger partial charge in [0.1, 0.15) is 0 Å². The van der Waals surface area contributed by atoms with E-state index >= 15 is 0 Å². The Hall–Kier alpha value is -2.26. The number of hydrogen-bond acceptors (Lipinski definition) is 6. The van der Waals surface area contributed by atoms with Gasteiger partial charge in [-0.2, -0.15) is 0 Å². The summed E-state index contributed by atoms with van der Waals surface area (Å²) in [5.74, 6) is -0.586. The van der Waals surface area contributed by atoms with Crippen LogP contribution in [0.4, 0.5) is 5.69 Å². The molecule has 0 N–H and O–H groups in total. The maximum Gasteiger partial charge on any atom is 0.274 e. The Labute approximate surface area is 133 Å². The van der Waals surface area contributed by atoms with Gasteiger partial charge in [-0.15, -0.1) is 0 Å². The fourth-order valence-electron chi connectivity index (χ4n) is 1.98. The first-order valence-electron chi connectivity index (χ1n) is 6.36. The molecule has 0 radical (unpaired) electrons. The smallest absolute Gasteiger partial charge is 0.258 e. The zero-order chi connectivity index (χ0) is 17.3. The van der Waals surface area contributed by atoms with Crippen molar-refractivity contribution >= 4 is 25.4 Å². The van der Waals surface area contributed by atoms with E-state index in [1.807, 2.05) is 0 Å². The molecule has 0 atom stereocenters. The second-order valence-corrected chi connectivity index (χ2v) is 8.90. The molecule has 0 amide bonds. The van der Waals surface area contributed by atoms with E-state index in [9.17, 15) is 26.9 Å². The van der Waals surface area contributed by atoms with Crippen LogP contribution in [0.2, 0.25) is 0 Å². The molecule has 2 rings (SSSR count). The van der Waals surface area contributed by atoms with Gasteiger partial charge in [0.15, 0.2) is 19.7 Å². The number of rotatable bonds is 5. The van der Waals surface area contributed by atoms with Gasteiger partial charge in [0.2, 0.25) is 0 Å². The molecule has 23 heavy (non-hydrogen) atoms. The fraction of sp³-hybridized carbons (Fsp3) is 0.143. The van der Waals surface area contributed by atoms with E-state index in [1.54, 1.807) is 18.2 Å². The van der Waals surface area contributed by atoms with E-state index in [4.69, 9.17) is 0 Å². The van der Waals surface area contributed by atoms with Crippen molar-refractivity contribution in [2.24, 2.45) is 0 Å². The molecule has 0 spiro atoms. The minimum Gasteiger partial charge on any atom is -0.258 e. The van der Waals surface area contributed by atoms with Crippen molar-refractivity contribution in [2.75, 3.05) is 6.26 Å². The summed E-state index contributed by atoms with van der Waals surface area (Å²) < 4.78 is 47.6. The number of sulfone groups is 2. The van der Waals surface area contributed by atoms with Gasteiger partial charge in [0.25, 0.3) is 5.69 Å². The van der Waals surface area contributed by atoms with Gasteiger partial charge in [-0.05, 0) is 24.3 Å². The van der Waals surface area contributed by atoms with Crippen molar-refractivity contribution in [2.45, 2.75) is 15.5 Å². The summed E-state index contributed by atoms with van der Waals surface area (Å²) in [6.07, 6.45) is 0.923. The van der Waals surface area contributed by atoms with Gasteiger partial charge in [-0.3, -0.25) is 10.1 Å². The zero-order valence-corrected chi connectivity index (χ0v) is 13.7. The van der Waals surface area contributed by atoms with Gasteiger partial charge < -0.3 is 0 Å². The maximum absolute atomic E-state index is 12.3. The van der Waals surface area contributed by atoms with E-state index in [-0.39, 0.29) is 15.4 Å². The van der Waals surface area contributed by atoms with Crippen molar-refractivity contribution in [1.29, 1.82) is 0 Å². The van der Waals surface area contributed by atoms with Gasteiger partial charge in [0, 0.05) is 17.9 Å². The molecule has 122 valence electrons. The molecule has 0 aliphatic carbocycles. The van der Waals surface area contributed by atoms with Crippen LogP contribution in [0.5, 0.6) is 0 Å². The van der Waals surface area contributed by atoms with E-state index < -0.39 is 36.0 Å². The SMILES string of the molecule is CS(=O)(=O)c1ccc(CS(=O)(=O)c2ccccc2)c([N+](=O)[O-])c1. The van der Waals surface area contributed by atoms with Gasteiger partial charge in [-0.25, -0.2) is 16.8 Å². The molecule has 0 saturated heterocycles. The number of nitro groups is 1. The van der Waals surface area contributed by atoms with E-state index in [0.717, 1.165) is 24.5 Å². The Bertz CT molecular complexity index is 950. The minimum absolute atomic E-state index is 0.0430. The Morgan fingerprint density at radius 1 is 0.957 bits per heavy atom. The van der Waals surface area contributed by atoms with Crippen molar-refractivity contribution in [3.05, 3.63) is 64.2 Å². The third-order valence-electron chi connectivity index (χ3n) is 3.13. The molecule has 0 aliphatic heterocycles.